The molecule has 4 nitrogen and oxygen atoms in total. The molecule has 1 heterocycles. The van der Waals surface area contributed by atoms with Gasteiger partial charge in [-0.25, -0.2) is 4.98 Å². The molecule has 0 radical (unpaired) electrons. The average Bonchev–Trinajstić information content (AvgIpc) is 2.77. The normalized spacial score (nSPS) is 12.3. The quantitative estimate of drug-likeness (QED) is 0.845. The highest BCUT2D eigenvalue weighted by Gasteiger charge is 2.05. The van der Waals surface area contributed by atoms with Crippen LogP contribution in [0.3, 0.4) is 0 Å². The SMILES string of the molecule is CC(N)Cc1nccn1CCOc1ccccc1. The molecule has 2 aromatic rings. The molecule has 1 aromatic carbocycles. The van der Waals surface area contributed by atoms with Gasteiger partial charge in [0.1, 0.15) is 18.2 Å². The van der Waals surface area contributed by atoms with Crippen molar-refractivity contribution in [3.05, 3.63) is 48.5 Å². The van der Waals surface area contributed by atoms with Crippen molar-refractivity contribution in [2.24, 2.45) is 5.73 Å². The minimum atomic E-state index is 0.126. The number of benzene rings is 1. The summed E-state index contributed by atoms with van der Waals surface area (Å²) in [6.07, 6.45) is 4.56. The fourth-order valence-electron chi connectivity index (χ4n) is 1.80. The highest BCUT2D eigenvalue weighted by molar-refractivity contribution is 5.20. The van der Waals surface area contributed by atoms with E-state index in [2.05, 4.69) is 9.55 Å². The Balaban J connectivity index is 1.85. The third-order valence-electron chi connectivity index (χ3n) is 2.65. The van der Waals surface area contributed by atoms with Crippen molar-refractivity contribution in [1.29, 1.82) is 0 Å². The number of rotatable bonds is 6. The third-order valence-corrected chi connectivity index (χ3v) is 2.65. The summed E-state index contributed by atoms with van der Waals surface area (Å²) in [6.45, 7) is 3.41. The van der Waals surface area contributed by atoms with E-state index in [4.69, 9.17) is 10.5 Å². The van der Waals surface area contributed by atoms with E-state index in [1.165, 1.54) is 0 Å². The zero-order valence-electron chi connectivity index (χ0n) is 10.6. The summed E-state index contributed by atoms with van der Waals surface area (Å²) >= 11 is 0. The first-order valence-electron chi connectivity index (χ1n) is 6.19. The van der Waals surface area contributed by atoms with Crippen molar-refractivity contribution < 1.29 is 4.74 Å². The molecule has 1 unspecified atom stereocenters. The van der Waals surface area contributed by atoms with Gasteiger partial charge in [-0.15, -0.1) is 0 Å². The zero-order chi connectivity index (χ0) is 12.8. The molecule has 0 saturated heterocycles. The van der Waals surface area contributed by atoms with Gasteiger partial charge in [-0.3, -0.25) is 0 Å². The fourth-order valence-corrected chi connectivity index (χ4v) is 1.80. The fraction of sp³-hybridized carbons (Fsp3) is 0.357. The zero-order valence-corrected chi connectivity index (χ0v) is 10.6. The van der Waals surface area contributed by atoms with Crippen LogP contribution in [-0.4, -0.2) is 22.2 Å². The highest BCUT2D eigenvalue weighted by Crippen LogP contribution is 2.08. The maximum atomic E-state index is 5.79. The lowest BCUT2D eigenvalue weighted by Crippen LogP contribution is -2.21. The number of nitrogens with zero attached hydrogens (tertiary/aromatic N) is 2. The van der Waals surface area contributed by atoms with Gasteiger partial charge in [-0.1, -0.05) is 18.2 Å². The van der Waals surface area contributed by atoms with Crippen LogP contribution < -0.4 is 10.5 Å². The molecule has 4 heteroatoms. The summed E-state index contributed by atoms with van der Waals surface area (Å²) in [5.41, 5.74) is 5.79. The summed E-state index contributed by atoms with van der Waals surface area (Å²) < 4.78 is 7.75. The van der Waals surface area contributed by atoms with Crippen molar-refractivity contribution in [3.8, 4) is 5.75 Å². The molecule has 2 rings (SSSR count). The Hall–Kier alpha value is -1.81. The molecule has 0 fully saturated rings. The molecule has 0 aliphatic rings. The monoisotopic (exact) mass is 245 g/mol. The highest BCUT2D eigenvalue weighted by atomic mass is 16.5. The largest absolute Gasteiger partial charge is 0.492 e. The molecule has 2 N–H and O–H groups in total. The summed E-state index contributed by atoms with van der Waals surface area (Å²) in [5, 5.41) is 0. The molecule has 96 valence electrons. The molecule has 1 atom stereocenters. The Morgan fingerprint density at radius 2 is 2.11 bits per heavy atom. The number of para-hydroxylation sites is 1. The van der Waals surface area contributed by atoms with Gasteiger partial charge >= 0.3 is 0 Å². The van der Waals surface area contributed by atoms with Crippen LogP contribution in [0.25, 0.3) is 0 Å². The topological polar surface area (TPSA) is 53.1 Å². The van der Waals surface area contributed by atoms with E-state index in [0.29, 0.717) is 6.61 Å². The maximum Gasteiger partial charge on any atom is 0.119 e. The van der Waals surface area contributed by atoms with Crippen LogP contribution in [0.4, 0.5) is 0 Å². The van der Waals surface area contributed by atoms with Crippen LogP contribution >= 0.6 is 0 Å². The van der Waals surface area contributed by atoms with Gasteiger partial charge in [0.05, 0.1) is 6.54 Å². The van der Waals surface area contributed by atoms with E-state index >= 15 is 0 Å². The number of hydrogen-bond acceptors (Lipinski definition) is 3. The molecule has 0 saturated carbocycles. The summed E-state index contributed by atoms with van der Waals surface area (Å²) in [5.74, 6) is 1.91. The molecule has 0 aliphatic carbocycles. The first kappa shape index (κ1) is 12.6. The number of imidazole rings is 1. The van der Waals surface area contributed by atoms with E-state index in [-0.39, 0.29) is 6.04 Å². The van der Waals surface area contributed by atoms with Gasteiger partial charge in [0, 0.05) is 24.9 Å². The number of aromatic nitrogens is 2. The van der Waals surface area contributed by atoms with Crippen LogP contribution in [0.2, 0.25) is 0 Å². The molecule has 0 bridgehead atoms. The second-order valence-corrected chi connectivity index (χ2v) is 4.38. The number of hydrogen-bond donors (Lipinski definition) is 1. The van der Waals surface area contributed by atoms with Gasteiger partial charge in [0.25, 0.3) is 0 Å². The van der Waals surface area contributed by atoms with Gasteiger partial charge in [-0.2, -0.15) is 0 Å². The Morgan fingerprint density at radius 1 is 1.33 bits per heavy atom. The molecule has 18 heavy (non-hydrogen) atoms. The van der Waals surface area contributed by atoms with Crippen molar-refractivity contribution >= 4 is 0 Å². The minimum Gasteiger partial charge on any atom is -0.492 e. The molecule has 0 spiro atoms. The second-order valence-electron chi connectivity index (χ2n) is 4.38. The molecular formula is C14H19N3O. The van der Waals surface area contributed by atoms with Crippen LogP contribution in [0.1, 0.15) is 12.7 Å². The molecule has 0 aliphatic heterocycles. The summed E-state index contributed by atoms with van der Waals surface area (Å²) in [4.78, 5) is 4.31. The van der Waals surface area contributed by atoms with Crippen LogP contribution in [0.5, 0.6) is 5.75 Å². The maximum absolute atomic E-state index is 5.79. The van der Waals surface area contributed by atoms with Gasteiger partial charge < -0.3 is 15.0 Å². The Labute approximate surface area is 107 Å². The minimum absolute atomic E-state index is 0.126. The van der Waals surface area contributed by atoms with Gasteiger partial charge in [0.2, 0.25) is 0 Å². The lowest BCUT2D eigenvalue weighted by molar-refractivity contribution is 0.296. The predicted molar refractivity (Wildman–Crippen MR) is 71.5 cm³/mol. The van der Waals surface area contributed by atoms with E-state index in [9.17, 15) is 0 Å². The van der Waals surface area contributed by atoms with E-state index in [1.807, 2.05) is 43.5 Å². The Kier molecular flexibility index (Phi) is 4.36. The Bertz CT molecular complexity index is 465. The predicted octanol–water partition coefficient (Wildman–Crippen LogP) is 1.85. The lowest BCUT2D eigenvalue weighted by atomic mass is 10.2. The Morgan fingerprint density at radius 3 is 2.83 bits per heavy atom. The van der Waals surface area contributed by atoms with Crippen molar-refractivity contribution in [2.45, 2.75) is 25.9 Å². The number of ether oxygens (including phenoxy) is 1. The molecule has 0 amide bonds. The lowest BCUT2D eigenvalue weighted by Gasteiger charge is -2.10. The molecule has 1 aromatic heterocycles. The van der Waals surface area contributed by atoms with Crippen molar-refractivity contribution in [3.63, 3.8) is 0 Å². The standard InChI is InChI=1S/C14H19N3O/c1-12(15)11-14-16-7-8-17(14)9-10-18-13-5-3-2-4-6-13/h2-8,12H,9-11,15H2,1H3. The van der Waals surface area contributed by atoms with Gasteiger partial charge in [-0.05, 0) is 19.1 Å². The smallest absolute Gasteiger partial charge is 0.119 e. The van der Waals surface area contributed by atoms with Crippen LogP contribution in [0, 0.1) is 0 Å². The molecular weight excluding hydrogens is 226 g/mol. The first-order chi connectivity index (χ1) is 8.75. The van der Waals surface area contributed by atoms with E-state index in [0.717, 1.165) is 24.5 Å². The average molecular weight is 245 g/mol. The van der Waals surface area contributed by atoms with Gasteiger partial charge in [0.15, 0.2) is 0 Å². The van der Waals surface area contributed by atoms with Crippen molar-refractivity contribution in [2.75, 3.05) is 6.61 Å². The van der Waals surface area contributed by atoms with Crippen molar-refractivity contribution in [1.82, 2.24) is 9.55 Å². The van der Waals surface area contributed by atoms with Crippen LogP contribution in [-0.2, 0) is 13.0 Å². The van der Waals surface area contributed by atoms with Crippen LogP contribution in [0.15, 0.2) is 42.7 Å². The first-order valence-corrected chi connectivity index (χ1v) is 6.19. The van der Waals surface area contributed by atoms with E-state index in [1.54, 1.807) is 6.20 Å². The van der Waals surface area contributed by atoms with E-state index < -0.39 is 0 Å². The summed E-state index contributed by atoms with van der Waals surface area (Å²) in [6, 6.07) is 9.94. The number of nitrogens with two attached hydrogens (primary N) is 1. The second kappa shape index (κ2) is 6.21. The third kappa shape index (κ3) is 3.60. The summed E-state index contributed by atoms with van der Waals surface area (Å²) in [7, 11) is 0.